The van der Waals surface area contributed by atoms with Gasteiger partial charge in [0, 0.05) is 50.2 Å². The van der Waals surface area contributed by atoms with Crippen molar-refractivity contribution in [3.63, 3.8) is 0 Å². The van der Waals surface area contributed by atoms with Gasteiger partial charge in [0.05, 0.1) is 19.3 Å². The van der Waals surface area contributed by atoms with Crippen molar-refractivity contribution in [2.24, 2.45) is 11.8 Å². The molecule has 2 aliphatic heterocycles. The van der Waals surface area contributed by atoms with Crippen LogP contribution in [0.5, 0.6) is 5.75 Å². The molecule has 1 amide bonds. The molecule has 2 fully saturated rings. The summed E-state index contributed by atoms with van der Waals surface area (Å²) in [5.41, 5.74) is 1.14. The van der Waals surface area contributed by atoms with E-state index in [0.717, 1.165) is 37.4 Å². The maximum Gasteiger partial charge on any atom is 0.234 e. The summed E-state index contributed by atoms with van der Waals surface area (Å²) in [6, 6.07) is 8.22. The standard InChI is InChI=1S/C19H26N2O4/c1-23-12-15-18(14-6-8-25-19(14)15)20-17(22)11-21-7-9-24-16-5-3-2-4-13(16)10-21/h2-5,14-15,18-19H,6-12H2,1H3,(H,20,22)/t14-,15+,18+,19-/m1/s1. The van der Waals surface area contributed by atoms with E-state index in [-0.39, 0.29) is 24.0 Å². The molecule has 6 nitrogen and oxygen atoms in total. The fraction of sp³-hybridized carbons (Fsp3) is 0.632. The van der Waals surface area contributed by atoms with Crippen LogP contribution in [0.2, 0.25) is 0 Å². The van der Waals surface area contributed by atoms with Crippen molar-refractivity contribution in [3.05, 3.63) is 29.8 Å². The lowest BCUT2D eigenvalue weighted by molar-refractivity contribution is -0.131. The number of ether oxygens (including phenoxy) is 3. The highest BCUT2D eigenvalue weighted by Crippen LogP contribution is 2.43. The first kappa shape index (κ1) is 16.8. The number of hydrogen-bond acceptors (Lipinski definition) is 5. The van der Waals surface area contributed by atoms with Crippen LogP contribution in [-0.2, 0) is 20.8 Å². The quantitative estimate of drug-likeness (QED) is 0.864. The smallest absolute Gasteiger partial charge is 0.234 e. The van der Waals surface area contributed by atoms with E-state index in [2.05, 4.69) is 16.3 Å². The number of fused-ring (bicyclic) bond motifs is 2. The van der Waals surface area contributed by atoms with Crippen molar-refractivity contribution in [2.45, 2.75) is 25.1 Å². The van der Waals surface area contributed by atoms with Crippen molar-refractivity contribution in [1.29, 1.82) is 0 Å². The summed E-state index contributed by atoms with van der Waals surface area (Å²) >= 11 is 0. The van der Waals surface area contributed by atoms with Crippen LogP contribution in [0.3, 0.4) is 0 Å². The third kappa shape index (κ3) is 3.38. The van der Waals surface area contributed by atoms with Crippen molar-refractivity contribution in [3.8, 4) is 5.75 Å². The van der Waals surface area contributed by atoms with Gasteiger partial charge in [0.2, 0.25) is 5.91 Å². The van der Waals surface area contributed by atoms with Gasteiger partial charge >= 0.3 is 0 Å². The number of rotatable bonds is 5. The molecule has 0 spiro atoms. The lowest BCUT2D eigenvalue weighted by atomic mass is 9.67. The molecule has 4 rings (SSSR count). The molecule has 4 atom stereocenters. The number of methoxy groups -OCH3 is 1. The Morgan fingerprint density at radius 2 is 2.24 bits per heavy atom. The zero-order chi connectivity index (χ0) is 17.2. The van der Waals surface area contributed by atoms with E-state index in [4.69, 9.17) is 14.2 Å². The van der Waals surface area contributed by atoms with Gasteiger partial charge in [0.15, 0.2) is 0 Å². The normalized spacial score (nSPS) is 31.2. The Kier molecular flexibility index (Phi) is 4.92. The minimum atomic E-state index is 0.0795. The highest BCUT2D eigenvalue weighted by atomic mass is 16.5. The van der Waals surface area contributed by atoms with Crippen molar-refractivity contribution in [2.75, 3.05) is 40.0 Å². The van der Waals surface area contributed by atoms with Crippen LogP contribution in [0.1, 0.15) is 12.0 Å². The summed E-state index contributed by atoms with van der Waals surface area (Å²) in [6.07, 6.45) is 1.28. The average Bonchev–Trinajstić information content (AvgIpc) is 2.92. The second kappa shape index (κ2) is 7.32. The van der Waals surface area contributed by atoms with Gasteiger partial charge in [-0.15, -0.1) is 0 Å². The molecule has 1 aromatic carbocycles. The number of benzene rings is 1. The molecule has 3 aliphatic rings. The fourth-order valence-corrected chi connectivity index (χ4v) is 4.38. The summed E-state index contributed by atoms with van der Waals surface area (Å²) in [7, 11) is 1.70. The minimum absolute atomic E-state index is 0.0795. The molecular formula is C19H26N2O4. The highest BCUT2D eigenvalue weighted by molar-refractivity contribution is 5.78. The summed E-state index contributed by atoms with van der Waals surface area (Å²) in [6.45, 7) is 3.93. The van der Waals surface area contributed by atoms with E-state index in [0.29, 0.717) is 25.7 Å². The number of nitrogens with zero attached hydrogens (tertiary/aromatic N) is 1. The van der Waals surface area contributed by atoms with E-state index in [1.807, 2.05) is 18.2 Å². The second-order valence-electron chi connectivity index (χ2n) is 7.17. The maximum atomic E-state index is 12.6. The molecule has 1 aromatic rings. The van der Waals surface area contributed by atoms with Gasteiger partial charge in [-0.05, 0) is 12.5 Å². The Bertz CT molecular complexity index is 623. The molecule has 2 heterocycles. The van der Waals surface area contributed by atoms with Gasteiger partial charge in [0.1, 0.15) is 12.4 Å². The Morgan fingerprint density at radius 3 is 3.12 bits per heavy atom. The Morgan fingerprint density at radius 1 is 1.36 bits per heavy atom. The number of carbonyl (C=O) groups excluding carboxylic acids is 1. The van der Waals surface area contributed by atoms with Gasteiger partial charge in [-0.1, -0.05) is 18.2 Å². The first-order valence-corrected chi connectivity index (χ1v) is 9.09. The monoisotopic (exact) mass is 346 g/mol. The van der Waals surface area contributed by atoms with E-state index in [9.17, 15) is 4.79 Å². The largest absolute Gasteiger partial charge is 0.492 e. The molecule has 1 saturated carbocycles. The number of carbonyl (C=O) groups is 1. The zero-order valence-electron chi connectivity index (χ0n) is 14.6. The van der Waals surface area contributed by atoms with Gasteiger partial charge < -0.3 is 19.5 Å². The summed E-state index contributed by atoms with van der Waals surface area (Å²) in [5.74, 6) is 1.72. The summed E-state index contributed by atoms with van der Waals surface area (Å²) < 4.78 is 16.9. The third-order valence-electron chi connectivity index (χ3n) is 5.61. The summed E-state index contributed by atoms with van der Waals surface area (Å²) in [5, 5.41) is 3.23. The molecule has 136 valence electrons. The van der Waals surface area contributed by atoms with Crippen LogP contribution in [0.15, 0.2) is 24.3 Å². The number of hydrogen-bond donors (Lipinski definition) is 1. The maximum absolute atomic E-state index is 12.6. The van der Waals surface area contributed by atoms with Crippen LogP contribution in [0.25, 0.3) is 0 Å². The number of amides is 1. The first-order valence-electron chi connectivity index (χ1n) is 9.09. The topological polar surface area (TPSA) is 60.0 Å². The Labute approximate surface area is 148 Å². The molecule has 0 unspecified atom stereocenters. The molecule has 6 heteroatoms. The van der Waals surface area contributed by atoms with E-state index < -0.39 is 0 Å². The Balaban J connectivity index is 1.34. The minimum Gasteiger partial charge on any atom is -0.492 e. The lowest BCUT2D eigenvalue weighted by Gasteiger charge is -2.47. The first-order chi connectivity index (χ1) is 12.3. The zero-order valence-corrected chi connectivity index (χ0v) is 14.6. The lowest BCUT2D eigenvalue weighted by Crippen LogP contribution is -2.63. The molecule has 1 saturated heterocycles. The van der Waals surface area contributed by atoms with E-state index >= 15 is 0 Å². The molecule has 1 N–H and O–H groups in total. The predicted molar refractivity (Wildman–Crippen MR) is 92.4 cm³/mol. The second-order valence-corrected chi connectivity index (χ2v) is 7.17. The van der Waals surface area contributed by atoms with Crippen LogP contribution < -0.4 is 10.1 Å². The van der Waals surface area contributed by atoms with E-state index in [1.165, 1.54) is 0 Å². The number of para-hydroxylation sites is 1. The van der Waals surface area contributed by atoms with Gasteiger partial charge in [0.25, 0.3) is 0 Å². The van der Waals surface area contributed by atoms with Crippen molar-refractivity contribution >= 4 is 5.91 Å². The van der Waals surface area contributed by atoms with Crippen LogP contribution >= 0.6 is 0 Å². The van der Waals surface area contributed by atoms with Crippen molar-refractivity contribution < 1.29 is 19.0 Å². The predicted octanol–water partition coefficient (Wildman–Crippen LogP) is 1.05. The molecule has 0 aromatic heterocycles. The van der Waals surface area contributed by atoms with Crippen LogP contribution in [0.4, 0.5) is 0 Å². The van der Waals surface area contributed by atoms with E-state index in [1.54, 1.807) is 7.11 Å². The van der Waals surface area contributed by atoms with Crippen LogP contribution in [0, 0.1) is 11.8 Å². The summed E-state index contributed by atoms with van der Waals surface area (Å²) in [4.78, 5) is 14.7. The molecular weight excluding hydrogens is 320 g/mol. The molecule has 0 bridgehead atoms. The Hall–Kier alpha value is -1.63. The number of nitrogens with one attached hydrogen (secondary N) is 1. The average molecular weight is 346 g/mol. The molecule has 0 radical (unpaired) electrons. The highest BCUT2D eigenvalue weighted by Gasteiger charge is 2.54. The molecule has 1 aliphatic carbocycles. The van der Waals surface area contributed by atoms with Crippen molar-refractivity contribution in [1.82, 2.24) is 10.2 Å². The fourth-order valence-electron chi connectivity index (χ4n) is 4.38. The van der Waals surface area contributed by atoms with Crippen LogP contribution in [-0.4, -0.2) is 63.0 Å². The molecule has 25 heavy (non-hydrogen) atoms. The third-order valence-corrected chi connectivity index (χ3v) is 5.61. The SMILES string of the molecule is COC[C@H]1[C@@H](NC(=O)CN2CCOc3ccccc3C2)[C@H]2CCO[C@H]21. The van der Waals surface area contributed by atoms with Gasteiger partial charge in [-0.25, -0.2) is 0 Å². The van der Waals surface area contributed by atoms with Gasteiger partial charge in [-0.2, -0.15) is 0 Å². The van der Waals surface area contributed by atoms with Gasteiger partial charge in [-0.3, -0.25) is 9.69 Å².